The second-order valence-corrected chi connectivity index (χ2v) is 5.17. The molecular formula is C14H19ClFNO. The summed E-state index contributed by atoms with van der Waals surface area (Å²) in [5, 5.41) is 3.23. The molecular weight excluding hydrogens is 253 g/mol. The minimum atomic E-state index is -0.166. The van der Waals surface area contributed by atoms with Crippen LogP contribution in [0.15, 0.2) is 18.2 Å². The lowest BCUT2D eigenvalue weighted by molar-refractivity contribution is 0.296. The van der Waals surface area contributed by atoms with Gasteiger partial charge in [-0.2, -0.15) is 0 Å². The van der Waals surface area contributed by atoms with Crippen LogP contribution in [0.4, 0.5) is 4.39 Å². The fraction of sp³-hybridized carbons (Fsp3) is 0.571. The summed E-state index contributed by atoms with van der Waals surface area (Å²) < 4.78 is 19.1. The van der Waals surface area contributed by atoms with Crippen molar-refractivity contribution >= 4 is 12.4 Å². The van der Waals surface area contributed by atoms with Gasteiger partial charge in [0.1, 0.15) is 11.6 Å². The van der Waals surface area contributed by atoms with Crippen molar-refractivity contribution in [1.29, 1.82) is 0 Å². The Morgan fingerprint density at radius 2 is 2.17 bits per heavy atom. The average molecular weight is 272 g/mol. The molecule has 4 heteroatoms. The van der Waals surface area contributed by atoms with Crippen molar-refractivity contribution in [2.45, 2.75) is 31.2 Å². The van der Waals surface area contributed by atoms with Crippen molar-refractivity contribution in [3.05, 3.63) is 29.6 Å². The number of ether oxygens (including phenoxy) is 1. The highest BCUT2D eigenvalue weighted by Gasteiger charge is 2.39. The maximum Gasteiger partial charge on any atom is 0.123 e. The Balaban J connectivity index is 0.00000120. The lowest BCUT2D eigenvalue weighted by atomic mass is 10.1. The molecule has 0 amide bonds. The minimum absolute atomic E-state index is 0. The summed E-state index contributed by atoms with van der Waals surface area (Å²) in [5.41, 5.74) is 1.03. The van der Waals surface area contributed by atoms with E-state index >= 15 is 0 Å². The third-order valence-electron chi connectivity index (χ3n) is 3.70. The van der Waals surface area contributed by atoms with E-state index in [0.717, 1.165) is 30.3 Å². The lowest BCUT2D eigenvalue weighted by Crippen LogP contribution is -2.11. The van der Waals surface area contributed by atoms with Gasteiger partial charge in [-0.05, 0) is 50.4 Å². The normalized spacial score (nSPS) is 25.4. The first-order chi connectivity index (χ1) is 8.28. The molecule has 0 unspecified atom stereocenters. The molecule has 2 aliphatic rings. The molecule has 3 rings (SSSR count). The van der Waals surface area contributed by atoms with Crippen LogP contribution in [0.5, 0.6) is 5.75 Å². The first kappa shape index (κ1) is 13.6. The van der Waals surface area contributed by atoms with Gasteiger partial charge in [0.05, 0.1) is 6.61 Å². The van der Waals surface area contributed by atoms with E-state index in [4.69, 9.17) is 4.74 Å². The molecule has 2 saturated carbocycles. The molecule has 2 fully saturated rings. The van der Waals surface area contributed by atoms with Gasteiger partial charge in [-0.3, -0.25) is 0 Å². The Kier molecular flexibility index (Phi) is 4.13. The number of hydrogen-bond acceptors (Lipinski definition) is 2. The highest BCUT2D eigenvalue weighted by Crippen LogP contribution is 2.45. The first-order valence-electron chi connectivity index (χ1n) is 6.37. The molecule has 2 nitrogen and oxygen atoms in total. The fourth-order valence-corrected chi connectivity index (χ4v) is 2.29. The molecule has 1 N–H and O–H groups in total. The standard InChI is InChI=1S/C14H18FNO.ClH/c1-16-13-7-11(13)12-6-10(15)4-5-14(12)17-8-9-2-3-9;/h4-6,9,11,13,16H,2-3,7-8H2,1H3;1H/t11-,13-;/m0./s1. The summed E-state index contributed by atoms with van der Waals surface area (Å²) in [7, 11) is 1.95. The van der Waals surface area contributed by atoms with Gasteiger partial charge in [0.15, 0.2) is 0 Å². The van der Waals surface area contributed by atoms with Crippen LogP contribution in [0, 0.1) is 11.7 Å². The van der Waals surface area contributed by atoms with E-state index in [2.05, 4.69) is 5.32 Å². The van der Waals surface area contributed by atoms with E-state index in [-0.39, 0.29) is 18.2 Å². The number of likely N-dealkylation sites (N-methyl/N-ethyl adjacent to an activating group) is 1. The maximum atomic E-state index is 13.3. The second kappa shape index (κ2) is 5.45. The summed E-state index contributed by atoms with van der Waals surface area (Å²) in [5.74, 6) is 1.86. The topological polar surface area (TPSA) is 21.3 Å². The average Bonchev–Trinajstić information content (AvgIpc) is 3.21. The zero-order chi connectivity index (χ0) is 11.8. The Morgan fingerprint density at radius 1 is 1.39 bits per heavy atom. The molecule has 2 aliphatic carbocycles. The third-order valence-corrected chi connectivity index (χ3v) is 3.70. The Morgan fingerprint density at radius 3 is 2.78 bits per heavy atom. The van der Waals surface area contributed by atoms with Gasteiger partial charge >= 0.3 is 0 Å². The minimum Gasteiger partial charge on any atom is -0.493 e. The van der Waals surface area contributed by atoms with Gasteiger partial charge in [0, 0.05) is 17.5 Å². The highest BCUT2D eigenvalue weighted by atomic mass is 35.5. The summed E-state index contributed by atoms with van der Waals surface area (Å²) in [6.45, 7) is 0.787. The van der Waals surface area contributed by atoms with Crippen molar-refractivity contribution in [3.8, 4) is 5.75 Å². The number of rotatable bonds is 5. The van der Waals surface area contributed by atoms with Crippen LogP contribution in [0.25, 0.3) is 0 Å². The Labute approximate surface area is 113 Å². The van der Waals surface area contributed by atoms with Crippen LogP contribution >= 0.6 is 12.4 Å². The van der Waals surface area contributed by atoms with E-state index in [1.165, 1.54) is 18.9 Å². The van der Waals surface area contributed by atoms with Crippen LogP contribution < -0.4 is 10.1 Å². The van der Waals surface area contributed by atoms with E-state index < -0.39 is 0 Å². The third kappa shape index (κ3) is 2.96. The van der Waals surface area contributed by atoms with Crippen LogP contribution in [-0.2, 0) is 0 Å². The fourth-order valence-electron chi connectivity index (χ4n) is 2.29. The Bertz CT molecular complexity index is 422. The molecule has 0 heterocycles. The van der Waals surface area contributed by atoms with E-state index in [0.29, 0.717) is 12.0 Å². The van der Waals surface area contributed by atoms with Crippen LogP contribution in [0.3, 0.4) is 0 Å². The first-order valence-corrected chi connectivity index (χ1v) is 6.37. The van der Waals surface area contributed by atoms with Crippen molar-refractivity contribution < 1.29 is 9.13 Å². The molecule has 0 saturated heterocycles. The van der Waals surface area contributed by atoms with Gasteiger partial charge < -0.3 is 10.1 Å². The van der Waals surface area contributed by atoms with E-state index in [1.54, 1.807) is 12.1 Å². The number of hydrogen-bond donors (Lipinski definition) is 1. The molecule has 18 heavy (non-hydrogen) atoms. The van der Waals surface area contributed by atoms with Crippen LogP contribution in [-0.4, -0.2) is 19.7 Å². The Hall–Kier alpha value is -0.800. The molecule has 0 radical (unpaired) electrons. The summed E-state index contributed by atoms with van der Waals surface area (Å²) >= 11 is 0. The SMILES string of the molecule is CN[C@H]1C[C@H]1c1cc(F)ccc1OCC1CC1.Cl. The quantitative estimate of drug-likeness (QED) is 0.889. The predicted octanol–water partition coefficient (Wildman–Crippen LogP) is 3.11. The maximum absolute atomic E-state index is 13.3. The smallest absolute Gasteiger partial charge is 0.123 e. The van der Waals surface area contributed by atoms with Crippen LogP contribution in [0.1, 0.15) is 30.7 Å². The number of halogens is 2. The molecule has 1 aromatic rings. The van der Waals surface area contributed by atoms with Gasteiger partial charge in [-0.25, -0.2) is 4.39 Å². The zero-order valence-corrected chi connectivity index (χ0v) is 11.3. The summed E-state index contributed by atoms with van der Waals surface area (Å²) in [4.78, 5) is 0. The largest absolute Gasteiger partial charge is 0.493 e. The highest BCUT2D eigenvalue weighted by molar-refractivity contribution is 5.85. The van der Waals surface area contributed by atoms with Crippen molar-refractivity contribution in [3.63, 3.8) is 0 Å². The lowest BCUT2D eigenvalue weighted by Gasteiger charge is -2.11. The second-order valence-electron chi connectivity index (χ2n) is 5.17. The van der Waals surface area contributed by atoms with Crippen molar-refractivity contribution in [2.24, 2.45) is 5.92 Å². The van der Waals surface area contributed by atoms with Gasteiger partial charge in [0.25, 0.3) is 0 Å². The number of benzene rings is 1. The van der Waals surface area contributed by atoms with E-state index in [9.17, 15) is 4.39 Å². The predicted molar refractivity (Wildman–Crippen MR) is 72.1 cm³/mol. The zero-order valence-electron chi connectivity index (χ0n) is 10.5. The summed E-state index contributed by atoms with van der Waals surface area (Å²) in [6.07, 6.45) is 3.64. The molecule has 0 aliphatic heterocycles. The number of nitrogens with one attached hydrogen (secondary N) is 1. The van der Waals surface area contributed by atoms with Crippen LogP contribution in [0.2, 0.25) is 0 Å². The molecule has 1 aromatic carbocycles. The van der Waals surface area contributed by atoms with E-state index in [1.807, 2.05) is 7.05 Å². The van der Waals surface area contributed by atoms with Gasteiger partial charge in [-0.15, -0.1) is 12.4 Å². The molecule has 0 spiro atoms. The van der Waals surface area contributed by atoms with Gasteiger partial charge in [0.2, 0.25) is 0 Å². The van der Waals surface area contributed by atoms with Crippen molar-refractivity contribution in [2.75, 3.05) is 13.7 Å². The molecule has 0 aromatic heterocycles. The van der Waals surface area contributed by atoms with Crippen molar-refractivity contribution in [1.82, 2.24) is 5.32 Å². The monoisotopic (exact) mass is 271 g/mol. The molecule has 2 atom stereocenters. The molecule has 100 valence electrons. The van der Waals surface area contributed by atoms with Gasteiger partial charge in [-0.1, -0.05) is 0 Å². The molecule has 0 bridgehead atoms. The summed E-state index contributed by atoms with van der Waals surface area (Å²) in [6, 6.07) is 5.38.